The Bertz CT molecular complexity index is 1110. The molecule has 0 spiro atoms. The van der Waals surface area contributed by atoms with Crippen molar-refractivity contribution in [3.63, 3.8) is 0 Å². The zero-order valence-corrected chi connectivity index (χ0v) is 29.4. The average molecular weight is 667 g/mol. The van der Waals surface area contributed by atoms with Gasteiger partial charge in [-0.15, -0.1) is 0 Å². The number of carbonyl (C=O) groups is 1. The monoisotopic (exact) mass is 666 g/mol. The van der Waals surface area contributed by atoms with E-state index < -0.39 is 10.1 Å². The van der Waals surface area contributed by atoms with Gasteiger partial charge in [0.05, 0.1) is 23.0 Å². The van der Waals surface area contributed by atoms with Crippen LogP contribution in [0.2, 0.25) is 0 Å². The van der Waals surface area contributed by atoms with Gasteiger partial charge in [0.1, 0.15) is 23.3 Å². The number of nitrogens with one attached hydrogen (secondary N) is 1. The molecule has 2 unspecified atom stereocenters. The average Bonchev–Trinajstić information content (AvgIpc) is 3.71. The SMILES string of the molecule is CCCCCCCCCCCCCCC1COC(COC(=O)NCCCCC[n+]2ccsc2)C1.Cc1ccc(S(=O)(=O)[O-])cc1. The smallest absolute Gasteiger partial charge is 0.407 e. The second-order valence-electron chi connectivity index (χ2n) is 12.4. The normalized spacial score (nSPS) is 16.2. The highest BCUT2D eigenvalue weighted by Gasteiger charge is 2.26. The molecule has 1 aliphatic heterocycles. The van der Waals surface area contributed by atoms with Crippen LogP contribution in [0.15, 0.2) is 46.2 Å². The maximum atomic E-state index is 11.9. The molecule has 3 rings (SSSR count). The molecule has 1 aromatic heterocycles. The van der Waals surface area contributed by atoms with Crippen molar-refractivity contribution in [2.75, 3.05) is 19.8 Å². The van der Waals surface area contributed by atoms with Crippen molar-refractivity contribution < 1.29 is 31.8 Å². The van der Waals surface area contributed by atoms with Crippen LogP contribution in [0.4, 0.5) is 4.79 Å². The predicted molar refractivity (Wildman–Crippen MR) is 180 cm³/mol. The fourth-order valence-electron chi connectivity index (χ4n) is 5.47. The zero-order chi connectivity index (χ0) is 32.6. The van der Waals surface area contributed by atoms with Crippen LogP contribution in [0.5, 0.6) is 0 Å². The Hall–Kier alpha value is -2.01. The minimum absolute atomic E-state index is 0.0794. The Kier molecular flexibility index (Phi) is 21.1. The quantitative estimate of drug-likeness (QED) is 0.0769. The molecule has 0 radical (unpaired) electrons. The Morgan fingerprint density at radius 2 is 1.58 bits per heavy atom. The van der Waals surface area contributed by atoms with Gasteiger partial charge in [0.2, 0.25) is 5.51 Å². The summed E-state index contributed by atoms with van der Waals surface area (Å²) in [6, 6.07) is 5.78. The van der Waals surface area contributed by atoms with Crippen LogP contribution in [0.25, 0.3) is 0 Å². The number of amides is 1. The first kappa shape index (κ1) is 39.2. The van der Waals surface area contributed by atoms with E-state index in [0.717, 1.165) is 44.4 Å². The van der Waals surface area contributed by atoms with Crippen LogP contribution in [0.1, 0.15) is 122 Å². The highest BCUT2D eigenvalue weighted by Crippen LogP contribution is 2.25. The minimum atomic E-state index is -4.27. The summed E-state index contributed by atoms with van der Waals surface area (Å²) in [5, 5.41) is 4.96. The lowest BCUT2D eigenvalue weighted by molar-refractivity contribution is -0.692. The number of nitrogens with zero attached hydrogens (tertiary/aromatic N) is 1. The summed E-state index contributed by atoms with van der Waals surface area (Å²) in [5.41, 5.74) is 3.06. The van der Waals surface area contributed by atoms with E-state index >= 15 is 0 Å². The van der Waals surface area contributed by atoms with E-state index in [9.17, 15) is 17.8 Å². The summed E-state index contributed by atoms with van der Waals surface area (Å²) in [4.78, 5) is 11.7. The van der Waals surface area contributed by atoms with Gasteiger partial charge in [-0.2, -0.15) is 4.57 Å². The molecule has 1 N–H and O–H groups in total. The third kappa shape index (κ3) is 20.0. The Morgan fingerprint density at radius 3 is 2.18 bits per heavy atom. The van der Waals surface area contributed by atoms with Crippen molar-refractivity contribution in [2.45, 2.75) is 141 Å². The predicted octanol–water partition coefficient (Wildman–Crippen LogP) is 8.33. The van der Waals surface area contributed by atoms with E-state index in [0.29, 0.717) is 19.1 Å². The molecule has 45 heavy (non-hydrogen) atoms. The number of hydrogen-bond donors (Lipinski definition) is 1. The molecule has 1 fully saturated rings. The summed E-state index contributed by atoms with van der Waals surface area (Å²) < 4.78 is 44.6. The van der Waals surface area contributed by atoms with E-state index in [-0.39, 0.29) is 17.1 Å². The van der Waals surface area contributed by atoms with E-state index in [2.05, 4.69) is 33.9 Å². The van der Waals surface area contributed by atoms with E-state index in [1.54, 1.807) is 23.5 Å². The first-order valence-corrected chi connectivity index (χ1v) is 19.6. The molecule has 1 aliphatic rings. The van der Waals surface area contributed by atoms with Crippen molar-refractivity contribution in [3.8, 4) is 0 Å². The molecule has 1 saturated heterocycles. The van der Waals surface area contributed by atoms with E-state index in [1.807, 2.05) is 6.92 Å². The number of thiazole rings is 1. The van der Waals surface area contributed by atoms with Gasteiger partial charge in [0.15, 0.2) is 6.20 Å². The number of ether oxygens (including phenoxy) is 2. The van der Waals surface area contributed by atoms with Crippen LogP contribution in [0.3, 0.4) is 0 Å². The number of rotatable bonds is 22. The second-order valence-corrected chi connectivity index (χ2v) is 14.5. The number of alkyl carbamates (subject to hydrolysis) is 1. The third-order valence-corrected chi connectivity index (χ3v) is 9.75. The van der Waals surface area contributed by atoms with Crippen LogP contribution in [-0.4, -0.2) is 44.9 Å². The highest BCUT2D eigenvalue weighted by molar-refractivity contribution is 7.85. The molecule has 1 aromatic carbocycles. The zero-order valence-electron chi connectivity index (χ0n) is 27.8. The molecular weight excluding hydrogens is 609 g/mol. The summed E-state index contributed by atoms with van der Waals surface area (Å²) in [6.07, 6.45) is 24.1. The van der Waals surface area contributed by atoms with Gasteiger partial charge in [-0.05, 0) is 50.7 Å². The van der Waals surface area contributed by atoms with Gasteiger partial charge in [-0.3, -0.25) is 0 Å². The number of carbonyl (C=O) groups excluding carboxylic acids is 1. The van der Waals surface area contributed by atoms with Crippen molar-refractivity contribution in [1.29, 1.82) is 0 Å². The number of aromatic nitrogens is 1. The molecule has 256 valence electrons. The summed E-state index contributed by atoms with van der Waals surface area (Å²) in [5.74, 6) is 0.640. The molecule has 2 aromatic rings. The molecule has 10 heteroatoms. The van der Waals surface area contributed by atoms with E-state index in [1.165, 1.54) is 95.6 Å². The van der Waals surface area contributed by atoms with Gasteiger partial charge in [0, 0.05) is 13.0 Å². The van der Waals surface area contributed by atoms with Gasteiger partial charge >= 0.3 is 6.09 Å². The summed E-state index contributed by atoms with van der Waals surface area (Å²) in [7, 11) is -4.27. The molecule has 0 bridgehead atoms. The second kappa shape index (κ2) is 24.2. The fraction of sp³-hybridized carbons (Fsp3) is 0.714. The van der Waals surface area contributed by atoms with Crippen molar-refractivity contribution >= 4 is 27.5 Å². The first-order valence-electron chi connectivity index (χ1n) is 17.2. The lowest BCUT2D eigenvalue weighted by Crippen LogP contribution is -2.30. The number of unbranched alkanes of at least 4 members (excludes halogenated alkanes) is 13. The summed E-state index contributed by atoms with van der Waals surface area (Å²) >= 11 is 1.72. The van der Waals surface area contributed by atoms with Gasteiger partial charge < -0.3 is 19.3 Å². The molecule has 2 heterocycles. The van der Waals surface area contributed by atoms with Crippen molar-refractivity contribution in [1.82, 2.24) is 5.32 Å². The standard InChI is InChI=1S/C28H50N2O3S.C7H8O3S/c1-2-3-4-5-6-7-8-9-10-11-12-14-17-26-22-27(32-23-26)24-33-28(31)29-18-15-13-16-19-30-20-21-34-25-30;1-6-2-4-7(5-3-6)11(8,9)10/h20-21,25-27H,2-19,22-24H2,1H3;2-5H,1H3,(H,8,9,10). The van der Waals surface area contributed by atoms with Crippen LogP contribution in [0, 0.1) is 12.8 Å². The van der Waals surface area contributed by atoms with Gasteiger partial charge in [-0.25, -0.2) is 13.2 Å². The number of hydrogen-bond acceptors (Lipinski definition) is 7. The molecule has 8 nitrogen and oxygen atoms in total. The molecule has 2 atom stereocenters. The topological polar surface area (TPSA) is 109 Å². The lowest BCUT2D eigenvalue weighted by atomic mass is 9.97. The van der Waals surface area contributed by atoms with Gasteiger partial charge in [-0.1, -0.05) is 113 Å². The first-order chi connectivity index (χ1) is 21.8. The van der Waals surface area contributed by atoms with E-state index in [4.69, 9.17) is 9.47 Å². The fourth-order valence-corrected chi connectivity index (χ4v) is 6.57. The largest absolute Gasteiger partial charge is 0.744 e. The number of benzene rings is 1. The van der Waals surface area contributed by atoms with Crippen LogP contribution >= 0.6 is 11.3 Å². The maximum Gasteiger partial charge on any atom is 0.407 e. The molecule has 0 saturated carbocycles. The Morgan fingerprint density at radius 1 is 0.956 bits per heavy atom. The minimum Gasteiger partial charge on any atom is -0.744 e. The Balaban J connectivity index is 0.000000537. The van der Waals surface area contributed by atoms with Crippen molar-refractivity contribution in [3.05, 3.63) is 46.9 Å². The van der Waals surface area contributed by atoms with Gasteiger partial charge in [0.25, 0.3) is 0 Å². The Labute approximate surface area is 277 Å². The van der Waals surface area contributed by atoms with Crippen LogP contribution < -0.4 is 9.88 Å². The van der Waals surface area contributed by atoms with Crippen molar-refractivity contribution in [2.24, 2.45) is 5.92 Å². The van der Waals surface area contributed by atoms with Crippen LogP contribution in [-0.2, 0) is 26.1 Å². The molecule has 0 aliphatic carbocycles. The third-order valence-electron chi connectivity index (χ3n) is 8.23. The summed E-state index contributed by atoms with van der Waals surface area (Å²) in [6.45, 7) is 7.05. The molecular formula is C35H58N2O6S2. The maximum absolute atomic E-state index is 11.9. The highest BCUT2D eigenvalue weighted by atomic mass is 32.2. The molecule has 1 amide bonds. The number of aryl methyl sites for hydroxylation is 2. The lowest BCUT2D eigenvalue weighted by Gasteiger charge is -2.11.